The molecular formula is C11H21IN4OS. The lowest BCUT2D eigenvalue weighted by Gasteiger charge is -2.12. The molecule has 0 radical (unpaired) electrons. The van der Waals surface area contributed by atoms with Gasteiger partial charge in [-0.15, -0.1) is 35.3 Å². The van der Waals surface area contributed by atoms with Gasteiger partial charge in [-0.1, -0.05) is 0 Å². The Kier molecular flexibility index (Phi) is 9.29. The molecule has 0 aliphatic heterocycles. The minimum atomic E-state index is 0. The first-order chi connectivity index (χ1) is 8.11. The fraction of sp³-hybridized carbons (Fsp3) is 0.636. The predicted molar refractivity (Wildman–Crippen MR) is 86.9 cm³/mol. The molecular weight excluding hydrogens is 363 g/mol. The van der Waals surface area contributed by atoms with Crippen molar-refractivity contribution in [3.63, 3.8) is 0 Å². The van der Waals surface area contributed by atoms with Crippen LogP contribution in [0.3, 0.4) is 0 Å². The third kappa shape index (κ3) is 7.12. The molecule has 3 N–H and O–H groups in total. The maximum atomic E-state index is 5.74. The molecule has 0 aliphatic rings. The van der Waals surface area contributed by atoms with E-state index in [9.17, 15) is 0 Å². The van der Waals surface area contributed by atoms with Gasteiger partial charge in [0, 0.05) is 31.5 Å². The highest BCUT2D eigenvalue weighted by Crippen LogP contribution is 2.08. The largest absolute Gasteiger partial charge is 0.383 e. The molecule has 1 aromatic rings. The molecule has 0 saturated heterocycles. The summed E-state index contributed by atoms with van der Waals surface area (Å²) >= 11 is 1.66. The smallest absolute Gasteiger partial charge is 0.188 e. The molecule has 1 heterocycles. The van der Waals surface area contributed by atoms with Crippen LogP contribution >= 0.6 is 35.3 Å². The Balaban J connectivity index is 0.00000289. The average Bonchev–Trinajstić information content (AvgIpc) is 2.64. The Morgan fingerprint density at radius 3 is 2.94 bits per heavy atom. The van der Waals surface area contributed by atoms with Crippen molar-refractivity contribution >= 4 is 41.3 Å². The number of hydrogen-bond acceptors (Lipinski definition) is 4. The van der Waals surface area contributed by atoms with Crippen molar-refractivity contribution in [2.75, 3.05) is 20.3 Å². The maximum Gasteiger partial charge on any atom is 0.188 e. The summed E-state index contributed by atoms with van der Waals surface area (Å²) in [7, 11) is 1.66. The van der Waals surface area contributed by atoms with Gasteiger partial charge < -0.3 is 15.8 Å². The summed E-state index contributed by atoms with van der Waals surface area (Å²) in [6, 6.07) is 0.172. The summed E-state index contributed by atoms with van der Waals surface area (Å²) in [4.78, 5) is 8.61. The van der Waals surface area contributed by atoms with Crippen LogP contribution in [0.5, 0.6) is 0 Å². The van der Waals surface area contributed by atoms with Gasteiger partial charge in [0.25, 0.3) is 0 Å². The Hall–Kier alpha value is -0.410. The molecule has 0 bridgehead atoms. The van der Waals surface area contributed by atoms with Crippen molar-refractivity contribution in [1.82, 2.24) is 10.3 Å². The molecule has 1 aromatic heterocycles. The number of hydrogen-bond donors (Lipinski definition) is 2. The topological polar surface area (TPSA) is 72.5 Å². The monoisotopic (exact) mass is 384 g/mol. The highest BCUT2D eigenvalue weighted by Gasteiger charge is 2.01. The van der Waals surface area contributed by atoms with Crippen molar-refractivity contribution in [3.05, 3.63) is 16.1 Å². The second kappa shape index (κ2) is 9.51. The predicted octanol–water partition coefficient (Wildman–Crippen LogP) is 1.55. The van der Waals surface area contributed by atoms with E-state index in [-0.39, 0.29) is 30.0 Å². The van der Waals surface area contributed by atoms with Gasteiger partial charge >= 0.3 is 0 Å². The molecule has 0 aromatic carbocycles. The lowest BCUT2D eigenvalue weighted by atomic mass is 10.3. The number of aliphatic imine (C=N–C) groups is 1. The van der Waals surface area contributed by atoms with Gasteiger partial charge in [-0.2, -0.15) is 0 Å². The standard InChI is InChI=1S/C11H20N4OS.HI/c1-8(6-16-3)14-11(12)13-5-4-10-7-17-9(2)15-10;/h7-8H,4-6H2,1-3H3,(H3,12,13,14);1H. The number of nitrogens with two attached hydrogens (primary N) is 1. The first-order valence-electron chi connectivity index (χ1n) is 5.58. The number of nitrogens with one attached hydrogen (secondary N) is 1. The van der Waals surface area contributed by atoms with Gasteiger partial charge in [0.05, 0.1) is 17.3 Å². The second-order valence-electron chi connectivity index (χ2n) is 3.88. The lowest BCUT2D eigenvalue weighted by Crippen LogP contribution is -2.40. The highest BCUT2D eigenvalue weighted by molar-refractivity contribution is 14.0. The number of aryl methyl sites for hydroxylation is 1. The van der Waals surface area contributed by atoms with Gasteiger partial charge in [-0.05, 0) is 13.8 Å². The zero-order valence-electron chi connectivity index (χ0n) is 11.0. The SMILES string of the molecule is COCC(C)NC(N)=NCCc1csc(C)n1.I. The molecule has 5 nitrogen and oxygen atoms in total. The van der Waals surface area contributed by atoms with Crippen LogP contribution in [-0.2, 0) is 11.2 Å². The third-order valence-corrected chi connectivity index (χ3v) is 2.95. The van der Waals surface area contributed by atoms with E-state index in [4.69, 9.17) is 10.5 Å². The number of halogens is 1. The zero-order chi connectivity index (χ0) is 12.7. The van der Waals surface area contributed by atoms with Gasteiger partial charge in [0.1, 0.15) is 0 Å². The highest BCUT2D eigenvalue weighted by atomic mass is 127. The first kappa shape index (κ1) is 17.6. The number of methoxy groups -OCH3 is 1. The molecule has 0 amide bonds. The summed E-state index contributed by atoms with van der Waals surface area (Å²) in [6.45, 7) is 5.26. The molecule has 104 valence electrons. The molecule has 0 saturated carbocycles. The maximum absolute atomic E-state index is 5.74. The Morgan fingerprint density at radius 1 is 1.67 bits per heavy atom. The van der Waals surface area contributed by atoms with E-state index in [1.165, 1.54) is 0 Å². The summed E-state index contributed by atoms with van der Waals surface area (Å²) < 4.78 is 5.00. The fourth-order valence-electron chi connectivity index (χ4n) is 1.40. The third-order valence-electron chi connectivity index (χ3n) is 2.13. The number of nitrogens with zero attached hydrogens (tertiary/aromatic N) is 2. The van der Waals surface area contributed by atoms with E-state index < -0.39 is 0 Å². The van der Waals surface area contributed by atoms with Crippen LogP contribution in [-0.4, -0.2) is 37.2 Å². The number of aromatic nitrogens is 1. The Bertz CT molecular complexity index is 370. The molecule has 0 fully saturated rings. The number of ether oxygens (including phenoxy) is 1. The lowest BCUT2D eigenvalue weighted by molar-refractivity contribution is 0.179. The van der Waals surface area contributed by atoms with E-state index in [2.05, 4.69) is 20.7 Å². The molecule has 1 atom stereocenters. The Morgan fingerprint density at radius 2 is 2.39 bits per heavy atom. The Labute approximate surface area is 129 Å². The van der Waals surface area contributed by atoms with Gasteiger partial charge in [0.2, 0.25) is 0 Å². The van der Waals surface area contributed by atoms with E-state index in [0.29, 0.717) is 19.1 Å². The van der Waals surface area contributed by atoms with Gasteiger partial charge in [-0.3, -0.25) is 4.99 Å². The van der Waals surface area contributed by atoms with E-state index in [0.717, 1.165) is 17.1 Å². The molecule has 7 heteroatoms. The molecule has 0 aliphatic carbocycles. The summed E-state index contributed by atoms with van der Waals surface area (Å²) in [5.74, 6) is 0.460. The minimum Gasteiger partial charge on any atom is -0.383 e. The van der Waals surface area contributed by atoms with Crippen LogP contribution < -0.4 is 11.1 Å². The van der Waals surface area contributed by atoms with E-state index in [1.54, 1.807) is 18.4 Å². The molecule has 1 rings (SSSR count). The zero-order valence-corrected chi connectivity index (χ0v) is 14.1. The number of rotatable bonds is 6. The van der Waals surface area contributed by atoms with Gasteiger partial charge in [-0.25, -0.2) is 4.98 Å². The minimum absolute atomic E-state index is 0. The van der Waals surface area contributed by atoms with Crippen molar-refractivity contribution in [2.45, 2.75) is 26.3 Å². The van der Waals surface area contributed by atoms with Crippen LogP contribution in [0.15, 0.2) is 10.4 Å². The number of thiazole rings is 1. The second-order valence-corrected chi connectivity index (χ2v) is 4.94. The van der Waals surface area contributed by atoms with Crippen molar-refractivity contribution < 1.29 is 4.74 Å². The van der Waals surface area contributed by atoms with E-state index >= 15 is 0 Å². The molecule has 1 unspecified atom stereocenters. The number of guanidine groups is 1. The van der Waals surface area contributed by atoms with Crippen LogP contribution in [0, 0.1) is 6.92 Å². The van der Waals surface area contributed by atoms with Crippen molar-refractivity contribution in [3.8, 4) is 0 Å². The van der Waals surface area contributed by atoms with Crippen molar-refractivity contribution in [2.24, 2.45) is 10.7 Å². The van der Waals surface area contributed by atoms with Gasteiger partial charge in [0.15, 0.2) is 5.96 Å². The first-order valence-corrected chi connectivity index (χ1v) is 6.46. The fourth-order valence-corrected chi connectivity index (χ4v) is 2.05. The van der Waals surface area contributed by atoms with E-state index in [1.807, 2.05) is 13.8 Å². The molecule has 0 spiro atoms. The normalized spacial score (nSPS) is 12.9. The summed E-state index contributed by atoms with van der Waals surface area (Å²) in [5.41, 5.74) is 6.82. The average molecular weight is 384 g/mol. The molecule has 18 heavy (non-hydrogen) atoms. The quantitative estimate of drug-likeness (QED) is 0.444. The van der Waals surface area contributed by atoms with Crippen molar-refractivity contribution in [1.29, 1.82) is 0 Å². The summed E-state index contributed by atoms with van der Waals surface area (Å²) in [6.07, 6.45) is 0.825. The summed E-state index contributed by atoms with van der Waals surface area (Å²) in [5, 5.41) is 6.20. The van der Waals surface area contributed by atoms with Crippen LogP contribution in [0.2, 0.25) is 0 Å². The van der Waals surface area contributed by atoms with Crippen LogP contribution in [0.25, 0.3) is 0 Å². The van der Waals surface area contributed by atoms with Crippen LogP contribution in [0.4, 0.5) is 0 Å². The van der Waals surface area contributed by atoms with Crippen LogP contribution in [0.1, 0.15) is 17.6 Å².